The summed E-state index contributed by atoms with van der Waals surface area (Å²) in [6, 6.07) is 7.96. The summed E-state index contributed by atoms with van der Waals surface area (Å²) < 4.78 is 0.861. The Morgan fingerprint density at radius 1 is 1.33 bits per heavy atom. The van der Waals surface area contributed by atoms with Crippen LogP contribution in [0.15, 0.2) is 42.5 Å². The van der Waals surface area contributed by atoms with Gasteiger partial charge in [-0.1, -0.05) is 51.8 Å². The highest BCUT2D eigenvalue weighted by molar-refractivity contribution is 9.15. The third-order valence-electron chi connectivity index (χ3n) is 1.81. The Kier molecular flexibility index (Phi) is 4.31. The topological polar surface area (TPSA) is 37.3 Å². The molecule has 78 valence electrons. The fourth-order valence-electron chi connectivity index (χ4n) is 1.02. The van der Waals surface area contributed by atoms with E-state index in [2.05, 4.69) is 15.9 Å². The van der Waals surface area contributed by atoms with Crippen molar-refractivity contribution in [2.24, 2.45) is 0 Å². The lowest BCUT2D eigenvalue weighted by Gasteiger charge is -1.98. The van der Waals surface area contributed by atoms with E-state index in [-0.39, 0.29) is 0 Å². The molecule has 0 bridgehead atoms. The van der Waals surface area contributed by atoms with Crippen molar-refractivity contribution in [2.45, 2.75) is 6.92 Å². The number of aryl methyl sites for hydroxylation is 1. The molecule has 1 aromatic rings. The minimum atomic E-state index is -0.949. The smallest absolute Gasteiger partial charge is 0.328 e. The summed E-state index contributed by atoms with van der Waals surface area (Å²) in [5.41, 5.74) is 2.22. The van der Waals surface area contributed by atoms with E-state index in [9.17, 15) is 4.79 Å². The number of benzene rings is 1. The zero-order chi connectivity index (χ0) is 11.3. The Morgan fingerprint density at radius 2 is 1.93 bits per heavy atom. The van der Waals surface area contributed by atoms with E-state index in [1.807, 2.05) is 31.2 Å². The van der Waals surface area contributed by atoms with Crippen LogP contribution in [0, 0.1) is 6.92 Å². The van der Waals surface area contributed by atoms with Crippen molar-refractivity contribution in [3.63, 3.8) is 0 Å². The summed E-state index contributed by atoms with van der Waals surface area (Å²) in [7, 11) is 0. The Hall–Kier alpha value is -1.35. The molecular formula is C12H11BrO2. The highest BCUT2D eigenvalue weighted by atomic mass is 79.9. The summed E-state index contributed by atoms with van der Waals surface area (Å²) in [5.74, 6) is -0.949. The summed E-state index contributed by atoms with van der Waals surface area (Å²) in [6.45, 7) is 2.02. The number of carboxylic acids is 1. The van der Waals surface area contributed by atoms with Crippen LogP contribution in [0.5, 0.6) is 0 Å². The molecule has 0 aromatic heterocycles. The Balaban J connectivity index is 2.80. The van der Waals surface area contributed by atoms with Crippen LogP contribution in [0.1, 0.15) is 11.1 Å². The average Bonchev–Trinajstić information content (AvgIpc) is 2.18. The predicted octanol–water partition coefficient (Wildman–Crippen LogP) is 3.37. The maximum atomic E-state index is 10.2. The minimum absolute atomic E-state index is 0.861. The van der Waals surface area contributed by atoms with Gasteiger partial charge in [0.1, 0.15) is 0 Å². The summed E-state index contributed by atoms with van der Waals surface area (Å²) in [6.07, 6.45) is 4.29. The maximum Gasteiger partial charge on any atom is 0.328 e. The molecule has 0 amide bonds. The molecule has 0 saturated heterocycles. The van der Waals surface area contributed by atoms with E-state index in [1.54, 1.807) is 6.08 Å². The van der Waals surface area contributed by atoms with Crippen molar-refractivity contribution in [2.75, 3.05) is 0 Å². The van der Waals surface area contributed by atoms with Crippen molar-refractivity contribution in [1.82, 2.24) is 0 Å². The highest BCUT2D eigenvalue weighted by Crippen LogP contribution is 2.21. The van der Waals surface area contributed by atoms with Gasteiger partial charge in [0.05, 0.1) is 0 Å². The number of carbonyl (C=O) groups is 1. The van der Waals surface area contributed by atoms with Crippen molar-refractivity contribution in [1.29, 1.82) is 0 Å². The van der Waals surface area contributed by atoms with Crippen LogP contribution in [0.3, 0.4) is 0 Å². The fraction of sp³-hybridized carbons (Fsp3) is 0.0833. The third kappa shape index (κ3) is 4.13. The molecule has 0 spiro atoms. The third-order valence-corrected chi connectivity index (χ3v) is 2.53. The van der Waals surface area contributed by atoms with Gasteiger partial charge in [-0.2, -0.15) is 0 Å². The number of allylic oxidation sites excluding steroid dienone is 2. The first-order chi connectivity index (χ1) is 7.09. The zero-order valence-corrected chi connectivity index (χ0v) is 9.86. The molecule has 0 atom stereocenters. The molecule has 0 radical (unpaired) electrons. The van der Waals surface area contributed by atoms with Gasteiger partial charge in [-0.3, -0.25) is 0 Å². The Morgan fingerprint density at radius 3 is 2.47 bits per heavy atom. The molecule has 3 heteroatoms. The minimum Gasteiger partial charge on any atom is -0.478 e. The van der Waals surface area contributed by atoms with Crippen molar-refractivity contribution in [3.8, 4) is 0 Å². The van der Waals surface area contributed by atoms with Crippen LogP contribution < -0.4 is 0 Å². The zero-order valence-electron chi connectivity index (χ0n) is 8.27. The molecule has 0 fully saturated rings. The van der Waals surface area contributed by atoms with Gasteiger partial charge in [0.15, 0.2) is 0 Å². The van der Waals surface area contributed by atoms with Gasteiger partial charge in [-0.15, -0.1) is 0 Å². The molecule has 2 nitrogen and oxygen atoms in total. The van der Waals surface area contributed by atoms with Gasteiger partial charge in [0.2, 0.25) is 0 Å². The molecule has 0 unspecified atom stereocenters. The quantitative estimate of drug-likeness (QED) is 0.673. The summed E-state index contributed by atoms with van der Waals surface area (Å²) in [4.78, 5) is 10.2. The van der Waals surface area contributed by atoms with Gasteiger partial charge < -0.3 is 5.11 Å². The lowest BCUT2D eigenvalue weighted by molar-refractivity contribution is -0.131. The van der Waals surface area contributed by atoms with Gasteiger partial charge in [-0.05, 0) is 18.6 Å². The second kappa shape index (κ2) is 5.51. The average molecular weight is 267 g/mol. The molecule has 1 N–H and O–H groups in total. The molecular weight excluding hydrogens is 256 g/mol. The molecule has 0 aliphatic carbocycles. The molecule has 1 rings (SSSR count). The molecule has 0 heterocycles. The van der Waals surface area contributed by atoms with Crippen molar-refractivity contribution in [3.05, 3.63) is 53.6 Å². The van der Waals surface area contributed by atoms with Crippen molar-refractivity contribution < 1.29 is 9.90 Å². The van der Waals surface area contributed by atoms with E-state index in [0.29, 0.717) is 0 Å². The lowest BCUT2D eigenvalue weighted by Crippen LogP contribution is -1.84. The number of hydrogen-bond acceptors (Lipinski definition) is 1. The van der Waals surface area contributed by atoms with E-state index < -0.39 is 5.97 Å². The van der Waals surface area contributed by atoms with Gasteiger partial charge >= 0.3 is 5.97 Å². The number of aliphatic carboxylic acids is 1. The molecule has 0 aliphatic heterocycles. The van der Waals surface area contributed by atoms with Crippen molar-refractivity contribution >= 4 is 26.4 Å². The monoisotopic (exact) mass is 266 g/mol. The summed E-state index contributed by atoms with van der Waals surface area (Å²) in [5, 5.41) is 8.40. The van der Waals surface area contributed by atoms with E-state index in [0.717, 1.165) is 16.1 Å². The largest absolute Gasteiger partial charge is 0.478 e. The van der Waals surface area contributed by atoms with Gasteiger partial charge in [-0.25, -0.2) is 4.79 Å². The van der Waals surface area contributed by atoms with E-state index >= 15 is 0 Å². The Bertz CT molecular complexity index is 402. The Labute approximate surface area is 97.1 Å². The normalized spacial score (nSPS) is 12.0. The molecule has 0 saturated carbocycles. The number of hydrogen-bond donors (Lipinski definition) is 1. The standard InChI is InChI=1S/C12H11BrO2/c1-9-5-7-10(8-6-9)11(13)3-2-4-12(14)15/h2-8H,1H3,(H,14,15). The molecule has 1 aromatic carbocycles. The van der Waals surface area contributed by atoms with Gasteiger partial charge in [0, 0.05) is 10.6 Å². The number of halogens is 1. The SMILES string of the molecule is Cc1ccc(C(Br)=CC=CC(=O)O)cc1. The van der Waals surface area contributed by atoms with E-state index in [4.69, 9.17) is 5.11 Å². The first-order valence-corrected chi connectivity index (χ1v) is 5.23. The fourth-order valence-corrected chi connectivity index (χ4v) is 1.44. The second-order valence-corrected chi connectivity index (χ2v) is 3.93. The maximum absolute atomic E-state index is 10.2. The van der Waals surface area contributed by atoms with E-state index in [1.165, 1.54) is 11.6 Å². The molecule has 15 heavy (non-hydrogen) atoms. The molecule has 0 aliphatic rings. The van der Waals surface area contributed by atoms with Gasteiger partial charge in [0.25, 0.3) is 0 Å². The van der Waals surface area contributed by atoms with Crippen LogP contribution in [0.25, 0.3) is 4.48 Å². The first kappa shape index (κ1) is 11.7. The van der Waals surface area contributed by atoms with Crippen LogP contribution in [0.2, 0.25) is 0 Å². The lowest BCUT2D eigenvalue weighted by atomic mass is 10.1. The second-order valence-electron chi connectivity index (χ2n) is 3.08. The number of rotatable bonds is 3. The van der Waals surface area contributed by atoms with Crippen LogP contribution >= 0.6 is 15.9 Å². The van der Waals surface area contributed by atoms with Crippen LogP contribution in [-0.2, 0) is 4.79 Å². The highest BCUT2D eigenvalue weighted by Gasteiger charge is 1.95. The van der Waals surface area contributed by atoms with Crippen LogP contribution in [-0.4, -0.2) is 11.1 Å². The first-order valence-electron chi connectivity index (χ1n) is 4.43. The number of carboxylic acid groups (broad SMARTS) is 1. The summed E-state index contributed by atoms with van der Waals surface area (Å²) >= 11 is 3.38. The van der Waals surface area contributed by atoms with Crippen LogP contribution in [0.4, 0.5) is 0 Å². The predicted molar refractivity (Wildman–Crippen MR) is 64.9 cm³/mol.